The Morgan fingerprint density at radius 1 is 0.917 bits per heavy atom. The number of carbonyl (C=O) groups excluding carboxylic acids is 4. The van der Waals surface area contributed by atoms with Crippen LogP contribution in [0.15, 0.2) is 19.4 Å². The third kappa shape index (κ3) is 4.51. The summed E-state index contributed by atoms with van der Waals surface area (Å²) in [7, 11) is 0. The van der Waals surface area contributed by atoms with Crippen molar-refractivity contribution in [2.75, 3.05) is 23.0 Å². The van der Waals surface area contributed by atoms with E-state index in [2.05, 4.69) is 19.4 Å². The van der Waals surface area contributed by atoms with Gasteiger partial charge in [0.15, 0.2) is 0 Å². The van der Waals surface area contributed by atoms with Crippen molar-refractivity contribution in [1.29, 1.82) is 0 Å². The number of isocyanates is 4. The quantitative estimate of drug-likeness (QED) is 0.415. The number of thiol groups is 1. The molecule has 12 heteroatoms. The minimum atomic E-state index is -1.20. The van der Waals surface area contributed by atoms with E-state index in [-0.39, 0.29) is 16.0 Å². The molecule has 0 N–H and O–H groups in total. The normalized spacial score (nSPS) is 36.8. The maximum atomic E-state index is 11.0. The number of hydrogen-bond acceptors (Lipinski definition) is 11. The average Bonchev–Trinajstić information content (AvgIpc) is 2.58. The van der Waals surface area contributed by atoms with Crippen LogP contribution in [0.4, 0.5) is 0 Å². The van der Waals surface area contributed by atoms with Crippen LogP contribution in [-0.4, -0.2) is 68.2 Å². The van der Waals surface area contributed by atoms with Gasteiger partial charge in [-0.05, 0) is 0 Å². The van der Waals surface area contributed by atoms with Crippen molar-refractivity contribution in [2.45, 2.75) is 20.9 Å². The smallest absolute Gasteiger partial charge is 0.211 e. The van der Waals surface area contributed by atoms with Crippen molar-refractivity contribution in [1.82, 2.24) is 0 Å². The first kappa shape index (κ1) is 19.2. The largest absolute Gasteiger partial charge is 0.245 e. The predicted molar refractivity (Wildman–Crippen MR) is 97.8 cm³/mol. The second-order valence-electron chi connectivity index (χ2n) is 4.68. The minimum absolute atomic E-state index is 0.155. The predicted octanol–water partition coefficient (Wildman–Crippen LogP) is 1.19. The molecule has 8 nitrogen and oxygen atoms in total. The van der Waals surface area contributed by atoms with Gasteiger partial charge in [-0.3, -0.25) is 0 Å². The van der Waals surface area contributed by atoms with Gasteiger partial charge in [0.1, 0.15) is 15.6 Å². The summed E-state index contributed by atoms with van der Waals surface area (Å²) in [6.45, 7) is 0. The molecule has 0 aromatic heterocycles. The molecule has 2 fully saturated rings. The molecule has 0 aliphatic carbocycles. The Kier molecular flexibility index (Phi) is 7.55. The molecule has 5 unspecified atom stereocenters. The lowest BCUT2D eigenvalue weighted by Gasteiger charge is -2.45. The molecule has 2 saturated heterocycles. The van der Waals surface area contributed by atoms with Gasteiger partial charge in [0.2, 0.25) is 24.3 Å². The Balaban J connectivity index is 2.26. The zero-order chi connectivity index (χ0) is 17.4. The van der Waals surface area contributed by atoms with Crippen LogP contribution >= 0.6 is 46.4 Å². The highest BCUT2D eigenvalue weighted by atomic mass is 32.2. The first-order valence-corrected chi connectivity index (χ1v) is 11.3. The zero-order valence-corrected chi connectivity index (χ0v) is 15.5. The molecule has 0 radical (unpaired) electrons. The number of thioether (sulfide) groups is 3. The standard InChI is InChI=1S/C12H12N4O4S4/c17-5-13-10-2-23-12(4-22-10,15-7-19)9-1-21-11(14-6-18)3-24(9)16-8-20/h9-11,24H,1-4H2. The summed E-state index contributed by atoms with van der Waals surface area (Å²) in [5.41, 5.74) is 0. The lowest BCUT2D eigenvalue weighted by Crippen LogP contribution is -2.47. The fourth-order valence-electron chi connectivity index (χ4n) is 2.35. The van der Waals surface area contributed by atoms with Gasteiger partial charge < -0.3 is 0 Å². The molecule has 24 heavy (non-hydrogen) atoms. The highest BCUT2D eigenvalue weighted by Gasteiger charge is 2.48. The van der Waals surface area contributed by atoms with Gasteiger partial charge in [0.25, 0.3) is 0 Å². The van der Waals surface area contributed by atoms with Crippen LogP contribution in [0.3, 0.4) is 0 Å². The summed E-state index contributed by atoms with van der Waals surface area (Å²) in [5, 5.41) is -0.683. The van der Waals surface area contributed by atoms with Crippen molar-refractivity contribution >= 4 is 70.7 Å². The van der Waals surface area contributed by atoms with E-state index in [4.69, 9.17) is 0 Å². The van der Waals surface area contributed by atoms with E-state index in [1.807, 2.05) is 0 Å². The molecule has 5 atom stereocenters. The van der Waals surface area contributed by atoms with E-state index in [9.17, 15) is 19.2 Å². The van der Waals surface area contributed by atoms with Gasteiger partial charge >= 0.3 is 0 Å². The molecular weight excluding hydrogens is 392 g/mol. The first-order chi connectivity index (χ1) is 11.7. The topological polar surface area (TPSA) is 118 Å². The highest BCUT2D eigenvalue weighted by molar-refractivity contribution is 8.20. The Bertz CT molecular complexity index is 658. The van der Waals surface area contributed by atoms with Crippen LogP contribution in [-0.2, 0) is 19.2 Å². The van der Waals surface area contributed by atoms with Crippen LogP contribution in [0.2, 0.25) is 0 Å². The minimum Gasteiger partial charge on any atom is -0.211 e. The fraction of sp³-hybridized carbons (Fsp3) is 0.667. The fourth-order valence-corrected chi connectivity index (χ4v) is 10.2. The highest BCUT2D eigenvalue weighted by Crippen LogP contribution is 2.55. The summed E-state index contributed by atoms with van der Waals surface area (Å²) in [6.07, 6.45) is 6.28. The number of rotatable bonds is 5. The van der Waals surface area contributed by atoms with Gasteiger partial charge in [-0.1, -0.05) is 0 Å². The lowest BCUT2D eigenvalue weighted by atomic mass is 10.2. The van der Waals surface area contributed by atoms with Crippen LogP contribution in [0.5, 0.6) is 0 Å². The van der Waals surface area contributed by atoms with Crippen molar-refractivity contribution in [3.05, 3.63) is 0 Å². The molecule has 0 aromatic rings. The molecule has 2 aliphatic rings. The Morgan fingerprint density at radius 3 is 2.25 bits per heavy atom. The van der Waals surface area contributed by atoms with Crippen molar-refractivity contribution < 1.29 is 19.2 Å². The molecule has 0 aromatic carbocycles. The Hall–Kier alpha value is -1.08. The summed E-state index contributed by atoms with van der Waals surface area (Å²) >= 11 is 3.08. The summed E-state index contributed by atoms with van der Waals surface area (Å²) in [5.74, 6) is 1.93. The van der Waals surface area contributed by atoms with E-state index in [1.54, 1.807) is 12.2 Å². The zero-order valence-electron chi connectivity index (χ0n) is 12.2. The molecule has 2 aliphatic heterocycles. The molecule has 0 bridgehead atoms. The summed E-state index contributed by atoms with van der Waals surface area (Å²) in [6, 6.07) is 0. The molecule has 2 rings (SSSR count). The third-order valence-corrected chi connectivity index (χ3v) is 10.8. The molecular formula is C12H12N4O4S4. The monoisotopic (exact) mass is 404 g/mol. The summed E-state index contributed by atoms with van der Waals surface area (Å²) in [4.78, 5) is 53.3. The van der Waals surface area contributed by atoms with Crippen LogP contribution in [0.1, 0.15) is 0 Å². The van der Waals surface area contributed by atoms with E-state index >= 15 is 0 Å². The maximum absolute atomic E-state index is 11.0. The van der Waals surface area contributed by atoms with E-state index in [0.29, 0.717) is 23.0 Å². The number of aliphatic imine (C=N–C) groups is 3. The van der Waals surface area contributed by atoms with Crippen molar-refractivity contribution in [3.63, 3.8) is 0 Å². The van der Waals surface area contributed by atoms with E-state index in [0.717, 1.165) is 0 Å². The van der Waals surface area contributed by atoms with Gasteiger partial charge in [0, 0.05) is 23.0 Å². The first-order valence-electron chi connectivity index (χ1n) is 6.63. The van der Waals surface area contributed by atoms with Gasteiger partial charge in [-0.2, -0.15) is 19.4 Å². The van der Waals surface area contributed by atoms with E-state index in [1.165, 1.54) is 47.4 Å². The van der Waals surface area contributed by atoms with Crippen molar-refractivity contribution in [2.24, 2.45) is 19.4 Å². The average molecular weight is 405 g/mol. The molecule has 0 saturated carbocycles. The number of hydrogen-bond donors (Lipinski definition) is 1. The van der Waals surface area contributed by atoms with Crippen molar-refractivity contribution in [3.8, 4) is 0 Å². The Labute approximate surface area is 153 Å². The Morgan fingerprint density at radius 2 is 1.67 bits per heavy atom. The molecule has 0 amide bonds. The molecule has 2 heterocycles. The molecule has 128 valence electrons. The van der Waals surface area contributed by atoms with Gasteiger partial charge in [-0.15, -0.1) is 46.4 Å². The van der Waals surface area contributed by atoms with Crippen LogP contribution in [0, 0.1) is 0 Å². The van der Waals surface area contributed by atoms with Crippen LogP contribution in [0.25, 0.3) is 0 Å². The van der Waals surface area contributed by atoms with Gasteiger partial charge in [-0.25, -0.2) is 19.2 Å². The van der Waals surface area contributed by atoms with Gasteiger partial charge in [0.05, 0.1) is 5.25 Å². The summed E-state index contributed by atoms with van der Waals surface area (Å²) < 4.78 is 3.91. The SMILES string of the molecule is O=C=NC1CSC(N=C=O)(C2CSC(N=C=O)C[SH]2N=C=O)CS1. The molecule has 0 spiro atoms. The number of nitrogens with zero attached hydrogens (tertiary/aromatic N) is 4. The second kappa shape index (κ2) is 9.42. The van der Waals surface area contributed by atoms with E-state index < -0.39 is 16.0 Å². The lowest BCUT2D eigenvalue weighted by molar-refractivity contribution is 0.553. The maximum Gasteiger partial charge on any atom is 0.245 e. The second-order valence-corrected chi connectivity index (χ2v) is 10.5. The van der Waals surface area contributed by atoms with Crippen LogP contribution < -0.4 is 0 Å². The third-order valence-electron chi connectivity index (χ3n) is 3.43.